The Morgan fingerprint density at radius 1 is 0.808 bits per heavy atom. The van der Waals surface area contributed by atoms with Crippen molar-refractivity contribution in [1.29, 1.82) is 0 Å². The summed E-state index contributed by atoms with van der Waals surface area (Å²) in [5.41, 5.74) is 4.05. The smallest absolute Gasteiger partial charge is 0.0234 e. The van der Waals surface area contributed by atoms with Crippen molar-refractivity contribution in [2.75, 3.05) is 32.7 Å². The number of aryl methyl sites for hydroxylation is 1. The van der Waals surface area contributed by atoms with Gasteiger partial charge in [0.2, 0.25) is 0 Å². The van der Waals surface area contributed by atoms with Gasteiger partial charge in [-0.05, 0) is 37.6 Å². The highest BCUT2D eigenvalue weighted by Gasteiger charge is 2.13. The van der Waals surface area contributed by atoms with Crippen molar-refractivity contribution >= 4 is 6.08 Å². The van der Waals surface area contributed by atoms with E-state index in [0.717, 1.165) is 26.2 Å². The zero-order valence-electron chi connectivity index (χ0n) is 16.7. The molecule has 2 nitrogen and oxygen atoms in total. The molecule has 1 aliphatic heterocycles. The van der Waals surface area contributed by atoms with E-state index in [0.29, 0.717) is 0 Å². The maximum absolute atomic E-state index is 2.59. The fraction of sp³-hybridized carbons (Fsp3) is 0.417. The molecule has 0 bridgehead atoms. The first-order valence-electron chi connectivity index (χ1n) is 10.0. The average Bonchev–Trinajstić information content (AvgIpc) is 2.91. The van der Waals surface area contributed by atoms with Gasteiger partial charge in [-0.1, -0.05) is 86.2 Å². The highest BCUT2D eigenvalue weighted by molar-refractivity contribution is 5.48. The Bertz CT molecular complexity index is 631. The van der Waals surface area contributed by atoms with Crippen LogP contribution in [0, 0.1) is 6.92 Å². The van der Waals surface area contributed by atoms with Crippen molar-refractivity contribution in [2.24, 2.45) is 0 Å². The molecule has 3 rings (SSSR count). The minimum Gasteiger partial charge on any atom is -0.298 e. The first-order chi connectivity index (χ1) is 12.8. The zero-order chi connectivity index (χ0) is 18.6. The summed E-state index contributed by atoms with van der Waals surface area (Å²) in [5, 5.41) is 0. The lowest BCUT2D eigenvalue weighted by Crippen LogP contribution is -2.30. The van der Waals surface area contributed by atoms with Crippen LogP contribution in [0.15, 0.2) is 60.7 Å². The normalized spacial score (nSPS) is 16.1. The SMILES string of the molecule is CC.Cc1ccc(CN2CCCN(C/C=C/c3ccccc3)CC2)cc1. The number of nitrogens with zero attached hydrogens (tertiary/aromatic N) is 2. The average molecular weight is 351 g/mol. The van der Waals surface area contributed by atoms with Crippen LogP contribution in [0.2, 0.25) is 0 Å². The molecule has 0 amide bonds. The Balaban J connectivity index is 0.00000117. The molecule has 0 atom stereocenters. The quantitative estimate of drug-likeness (QED) is 0.727. The Kier molecular flexibility index (Phi) is 9.16. The molecule has 0 N–H and O–H groups in total. The van der Waals surface area contributed by atoms with Gasteiger partial charge in [-0.2, -0.15) is 0 Å². The molecule has 0 spiro atoms. The van der Waals surface area contributed by atoms with Crippen LogP contribution in [0.4, 0.5) is 0 Å². The lowest BCUT2D eigenvalue weighted by Gasteiger charge is -2.21. The van der Waals surface area contributed by atoms with Gasteiger partial charge in [-0.15, -0.1) is 0 Å². The third kappa shape index (κ3) is 7.15. The number of rotatable bonds is 5. The second kappa shape index (κ2) is 11.7. The maximum atomic E-state index is 2.59. The predicted molar refractivity (Wildman–Crippen MR) is 114 cm³/mol. The van der Waals surface area contributed by atoms with Gasteiger partial charge in [0.05, 0.1) is 0 Å². The van der Waals surface area contributed by atoms with Crippen molar-refractivity contribution in [1.82, 2.24) is 9.80 Å². The highest BCUT2D eigenvalue weighted by atomic mass is 15.2. The maximum Gasteiger partial charge on any atom is 0.0234 e. The lowest BCUT2D eigenvalue weighted by atomic mass is 10.1. The summed E-state index contributed by atoms with van der Waals surface area (Å²) in [6.07, 6.45) is 5.78. The molecule has 1 heterocycles. The minimum absolute atomic E-state index is 1.05. The van der Waals surface area contributed by atoms with E-state index in [1.54, 1.807) is 0 Å². The standard InChI is InChI=1S/C22H28N2.C2H6/c1-20-10-12-22(13-11-20)19-24-16-6-15-23(17-18-24)14-5-9-21-7-3-2-4-8-21;1-2/h2-5,7-13H,6,14-19H2,1H3;1-2H3/b9-5+;. The van der Waals surface area contributed by atoms with E-state index in [2.05, 4.69) is 83.5 Å². The van der Waals surface area contributed by atoms with Crippen molar-refractivity contribution in [3.05, 3.63) is 77.4 Å². The number of benzene rings is 2. The van der Waals surface area contributed by atoms with Crippen LogP contribution < -0.4 is 0 Å². The Morgan fingerprint density at radius 3 is 2.19 bits per heavy atom. The third-order valence-electron chi connectivity index (χ3n) is 4.68. The van der Waals surface area contributed by atoms with Gasteiger partial charge in [0.25, 0.3) is 0 Å². The van der Waals surface area contributed by atoms with Gasteiger partial charge in [0.1, 0.15) is 0 Å². The van der Waals surface area contributed by atoms with E-state index in [1.165, 1.54) is 36.2 Å². The van der Waals surface area contributed by atoms with E-state index < -0.39 is 0 Å². The van der Waals surface area contributed by atoms with Crippen LogP contribution in [0.3, 0.4) is 0 Å². The van der Waals surface area contributed by atoms with Crippen LogP contribution in [0.5, 0.6) is 0 Å². The molecule has 0 saturated carbocycles. The van der Waals surface area contributed by atoms with E-state index in [9.17, 15) is 0 Å². The lowest BCUT2D eigenvalue weighted by molar-refractivity contribution is 0.262. The van der Waals surface area contributed by atoms with Gasteiger partial charge in [0, 0.05) is 26.2 Å². The zero-order valence-corrected chi connectivity index (χ0v) is 16.7. The Morgan fingerprint density at radius 2 is 1.46 bits per heavy atom. The highest BCUT2D eigenvalue weighted by Crippen LogP contribution is 2.10. The fourth-order valence-corrected chi connectivity index (χ4v) is 3.22. The molecule has 0 unspecified atom stereocenters. The molecular weight excluding hydrogens is 316 g/mol. The molecule has 26 heavy (non-hydrogen) atoms. The van der Waals surface area contributed by atoms with Crippen molar-refractivity contribution in [2.45, 2.75) is 33.7 Å². The van der Waals surface area contributed by atoms with Crippen LogP contribution in [0.25, 0.3) is 6.08 Å². The summed E-state index contributed by atoms with van der Waals surface area (Å²) in [4.78, 5) is 5.15. The van der Waals surface area contributed by atoms with Gasteiger partial charge in [-0.25, -0.2) is 0 Å². The van der Waals surface area contributed by atoms with Gasteiger partial charge in [-0.3, -0.25) is 9.80 Å². The van der Waals surface area contributed by atoms with E-state index in [-0.39, 0.29) is 0 Å². The molecule has 2 heteroatoms. The molecule has 1 fully saturated rings. The summed E-state index contributed by atoms with van der Waals surface area (Å²) in [7, 11) is 0. The predicted octanol–water partition coefficient (Wildman–Crippen LogP) is 5.24. The second-order valence-corrected chi connectivity index (χ2v) is 6.73. The summed E-state index contributed by atoms with van der Waals surface area (Å²) < 4.78 is 0. The third-order valence-corrected chi connectivity index (χ3v) is 4.68. The molecule has 2 aromatic carbocycles. The number of hydrogen-bond donors (Lipinski definition) is 0. The summed E-state index contributed by atoms with van der Waals surface area (Å²) in [6, 6.07) is 19.5. The van der Waals surface area contributed by atoms with Gasteiger partial charge in [0.15, 0.2) is 0 Å². The summed E-state index contributed by atoms with van der Waals surface area (Å²) in [6.45, 7) is 13.0. The summed E-state index contributed by atoms with van der Waals surface area (Å²) in [5.74, 6) is 0. The second-order valence-electron chi connectivity index (χ2n) is 6.73. The molecule has 2 aromatic rings. The van der Waals surface area contributed by atoms with E-state index in [4.69, 9.17) is 0 Å². The van der Waals surface area contributed by atoms with Crippen molar-refractivity contribution in [3.63, 3.8) is 0 Å². The first-order valence-corrected chi connectivity index (χ1v) is 10.0. The van der Waals surface area contributed by atoms with Crippen LogP contribution >= 0.6 is 0 Å². The Hall–Kier alpha value is -1.90. The van der Waals surface area contributed by atoms with Crippen LogP contribution in [0.1, 0.15) is 37.0 Å². The molecule has 140 valence electrons. The molecule has 0 radical (unpaired) electrons. The summed E-state index contributed by atoms with van der Waals surface area (Å²) >= 11 is 0. The largest absolute Gasteiger partial charge is 0.298 e. The molecular formula is C24H34N2. The molecule has 0 aromatic heterocycles. The van der Waals surface area contributed by atoms with Crippen molar-refractivity contribution in [3.8, 4) is 0 Å². The van der Waals surface area contributed by atoms with Crippen molar-refractivity contribution < 1.29 is 0 Å². The molecule has 1 saturated heterocycles. The van der Waals surface area contributed by atoms with Gasteiger partial charge >= 0.3 is 0 Å². The minimum atomic E-state index is 1.05. The van der Waals surface area contributed by atoms with E-state index >= 15 is 0 Å². The topological polar surface area (TPSA) is 6.48 Å². The van der Waals surface area contributed by atoms with E-state index in [1.807, 2.05) is 13.8 Å². The molecule has 0 aliphatic carbocycles. The molecule has 1 aliphatic rings. The first kappa shape index (κ1) is 20.4. The number of hydrogen-bond acceptors (Lipinski definition) is 2. The monoisotopic (exact) mass is 350 g/mol. The van der Waals surface area contributed by atoms with Crippen LogP contribution in [-0.2, 0) is 6.54 Å². The fourth-order valence-electron chi connectivity index (χ4n) is 3.22. The Labute approximate surface area is 160 Å². The van der Waals surface area contributed by atoms with Gasteiger partial charge < -0.3 is 0 Å². The van der Waals surface area contributed by atoms with Crippen LogP contribution in [-0.4, -0.2) is 42.5 Å².